The highest BCUT2D eigenvalue weighted by Crippen LogP contribution is 2.30. The lowest BCUT2D eigenvalue weighted by molar-refractivity contribution is -0.129. The van der Waals surface area contributed by atoms with Crippen molar-refractivity contribution in [2.75, 3.05) is 7.11 Å². The van der Waals surface area contributed by atoms with Crippen LogP contribution >= 0.6 is 0 Å². The third-order valence-corrected chi connectivity index (χ3v) is 4.69. The summed E-state index contributed by atoms with van der Waals surface area (Å²) in [5.41, 5.74) is 2.56. The quantitative estimate of drug-likeness (QED) is 0.864. The maximum atomic E-state index is 12.8. The number of hydrogen-bond donors (Lipinski definition) is 1. The van der Waals surface area contributed by atoms with Gasteiger partial charge in [-0.25, -0.2) is 0 Å². The zero-order valence-corrected chi connectivity index (χ0v) is 14.8. The molecule has 0 spiro atoms. The van der Waals surface area contributed by atoms with Crippen LogP contribution in [0.25, 0.3) is 0 Å². The fourth-order valence-electron chi connectivity index (χ4n) is 3.36. The Morgan fingerprint density at radius 1 is 1.16 bits per heavy atom. The number of hydrogen-bond acceptors (Lipinski definition) is 3. The summed E-state index contributed by atoms with van der Waals surface area (Å²) in [6.07, 6.45) is 3.20. The SMILES string of the molecule is CC[C@H](Oc1ccccc1OC)C(=O)N[C@@H]1CCCc2ccccc21. The first kappa shape index (κ1) is 17.3. The monoisotopic (exact) mass is 339 g/mol. The summed E-state index contributed by atoms with van der Waals surface area (Å²) in [6.45, 7) is 1.95. The van der Waals surface area contributed by atoms with E-state index in [9.17, 15) is 4.79 Å². The number of rotatable bonds is 6. The smallest absolute Gasteiger partial charge is 0.261 e. The minimum Gasteiger partial charge on any atom is -0.493 e. The molecule has 0 saturated carbocycles. The maximum absolute atomic E-state index is 12.8. The van der Waals surface area contributed by atoms with Gasteiger partial charge in [0.05, 0.1) is 13.2 Å². The molecule has 2 aromatic carbocycles. The summed E-state index contributed by atoms with van der Waals surface area (Å²) in [7, 11) is 1.60. The number of benzene rings is 2. The molecule has 1 amide bonds. The molecule has 0 heterocycles. The van der Waals surface area contributed by atoms with E-state index in [4.69, 9.17) is 9.47 Å². The van der Waals surface area contributed by atoms with Crippen molar-refractivity contribution in [2.24, 2.45) is 0 Å². The van der Waals surface area contributed by atoms with Crippen LogP contribution in [0.3, 0.4) is 0 Å². The number of carbonyl (C=O) groups excluding carboxylic acids is 1. The second kappa shape index (κ2) is 8.06. The molecule has 132 valence electrons. The molecule has 4 heteroatoms. The average Bonchev–Trinajstić information content (AvgIpc) is 2.66. The molecule has 25 heavy (non-hydrogen) atoms. The largest absolute Gasteiger partial charge is 0.493 e. The lowest BCUT2D eigenvalue weighted by atomic mass is 9.87. The molecular weight excluding hydrogens is 314 g/mol. The Kier molecular flexibility index (Phi) is 5.59. The Labute approximate surface area is 149 Å². The Bertz CT molecular complexity index is 729. The van der Waals surface area contributed by atoms with E-state index in [0.29, 0.717) is 17.9 Å². The Morgan fingerprint density at radius 3 is 2.64 bits per heavy atom. The third kappa shape index (κ3) is 3.95. The molecule has 1 aliphatic rings. The first-order chi connectivity index (χ1) is 12.2. The molecule has 1 aliphatic carbocycles. The molecule has 0 unspecified atom stereocenters. The van der Waals surface area contributed by atoms with E-state index in [1.165, 1.54) is 11.1 Å². The highest BCUT2D eigenvalue weighted by Gasteiger charge is 2.26. The lowest BCUT2D eigenvalue weighted by Gasteiger charge is -2.28. The second-order valence-corrected chi connectivity index (χ2v) is 6.32. The van der Waals surface area contributed by atoms with Gasteiger partial charge < -0.3 is 14.8 Å². The van der Waals surface area contributed by atoms with Gasteiger partial charge >= 0.3 is 0 Å². The molecule has 0 aromatic heterocycles. The number of carbonyl (C=O) groups is 1. The van der Waals surface area contributed by atoms with Crippen LogP contribution in [0.15, 0.2) is 48.5 Å². The minimum absolute atomic E-state index is 0.0627. The standard InChI is InChI=1S/C21H25NO3/c1-3-18(25-20-14-7-6-13-19(20)24-2)21(23)22-17-12-8-10-15-9-4-5-11-16(15)17/h4-7,9,11,13-14,17-18H,3,8,10,12H2,1-2H3,(H,22,23)/t17-,18+/m1/s1. The van der Waals surface area contributed by atoms with Crippen molar-refractivity contribution in [3.63, 3.8) is 0 Å². The zero-order valence-electron chi connectivity index (χ0n) is 14.8. The predicted octanol–water partition coefficient (Wildman–Crippen LogP) is 4.05. The topological polar surface area (TPSA) is 47.6 Å². The maximum Gasteiger partial charge on any atom is 0.261 e. The Morgan fingerprint density at radius 2 is 1.88 bits per heavy atom. The highest BCUT2D eigenvalue weighted by atomic mass is 16.5. The van der Waals surface area contributed by atoms with E-state index in [0.717, 1.165) is 19.3 Å². The van der Waals surface area contributed by atoms with E-state index >= 15 is 0 Å². The van der Waals surface area contributed by atoms with E-state index in [1.54, 1.807) is 7.11 Å². The number of fused-ring (bicyclic) bond motifs is 1. The number of aryl methyl sites for hydroxylation is 1. The van der Waals surface area contributed by atoms with Crippen LogP contribution in [-0.4, -0.2) is 19.1 Å². The summed E-state index contributed by atoms with van der Waals surface area (Å²) in [4.78, 5) is 12.8. The molecule has 0 fully saturated rings. The molecule has 0 radical (unpaired) electrons. The highest BCUT2D eigenvalue weighted by molar-refractivity contribution is 5.81. The number of ether oxygens (including phenoxy) is 2. The number of para-hydroxylation sites is 2. The molecule has 1 N–H and O–H groups in total. The number of amides is 1. The molecule has 3 rings (SSSR count). The van der Waals surface area contributed by atoms with Gasteiger partial charge in [-0.05, 0) is 48.9 Å². The minimum atomic E-state index is -0.537. The van der Waals surface area contributed by atoms with Gasteiger partial charge in [-0.1, -0.05) is 43.3 Å². The van der Waals surface area contributed by atoms with E-state index < -0.39 is 6.10 Å². The predicted molar refractivity (Wildman–Crippen MR) is 98.0 cm³/mol. The van der Waals surface area contributed by atoms with Crippen molar-refractivity contribution in [2.45, 2.75) is 44.8 Å². The van der Waals surface area contributed by atoms with Gasteiger partial charge in [-0.2, -0.15) is 0 Å². The second-order valence-electron chi connectivity index (χ2n) is 6.32. The molecule has 0 bridgehead atoms. The summed E-state index contributed by atoms with van der Waals surface area (Å²) in [6, 6.07) is 15.8. The molecule has 0 aliphatic heterocycles. The average molecular weight is 339 g/mol. The van der Waals surface area contributed by atoms with Gasteiger partial charge in [0.2, 0.25) is 0 Å². The molecular formula is C21H25NO3. The summed E-state index contributed by atoms with van der Waals surface area (Å²) < 4.78 is 11.3. The van der Waals surface area contributed by atoms with Crippen molar-refractivity contribution in [1.82, 2.24) is 5.32 Å². The number of nitrogens with one attached hydrogen (secondary N) is 1. The molecule has 4 nitrogen and oxygen atoms in total. The number of methoxy groups -OCH3 is 1. The van der Waals surface area contributed by atoms with Crippen LogP contribution in [0.2, 0.25) is 0 Å². The first-order valence-corrected chi connectivity index (χ1v) is 8.90. The van der Waals surface area contributed by atoms with E-state index in [-0.39, 0.29) is 11.9 Å². The van der Waals surface area contributed by atoms with Crippen molar-refractivity contribution in [3.05, 3.63) is 59.7 Å². The third-order valence-electron chi connectivity index (χ3n) is 4.69. The van der Waals surface area contributed by atoms with Gasteiger partial charge in [-0.15, -0.1) is 0 Å². The lowest BCUT2D eigenvalue weighted by Crippen LogP contribution is -2.41. The van der Waals surface area contributed by atoms with Gasteiger partial charge in [-0.3, -0.25) is 4.79 Å². The van der Waals surface area contributed by atoms with E-state index in [2.05, 4.69) is 23.5 Å². The van der Waals surface area contributed by atoms with Crippen molar-refractivity contribution in [3.8, 4) is 11.5 Å². The van der Waals surface area contributed by atoms with E-state index in [1.807, 2.05) is 37.3 Å². The van der Waals surface area contributed by atoms with Gasteiger partial charge in [0, 0.05) is 0 Å². The molecule has 2 atom stereocenters. The van der Waals surface area contributed by atoms with Crippen molar-refractivity contribution < 1.29 is 14.3 Å². The summed E-state index contributed by atoms with van der Waals surface area (Å²) >= 11 is 0. The van der Waals surface area contributed by atoms with Crippen LogP contribution in [0, 0.1) is 0 Å². The van der Waals surface area contributed by atoms with Gasteiger partial charge in [0.15, 0.2) is 17.6 Å². The van der Waals surface area contributed by atoms with Crippen LogP contribution in [0.4, 0.5) is 0 Å². The van der Waals surface area contributed by atoms with Gasteiger partial charge in [0.25, 0.3) is 5.91 Å². The normalized spacial score (nSPS) is 17.3. The van der Waals surface area contributed by atoms with Crippen LogP contribution in [0.5, 0.6) is 11.5 Å². The van der Waals surface area contributed by atoms with Crippen LogP contribution in [0.1, 0.15) is 43.4 Å². The first-order valence-electron chi connectivity index (χ1n) is 8.90. The molecule has 0 saturated heterocycles. The molecule has 2 aromatic rings. The van der Waals surface area contributed by atoms with Crippen LogP contribution < -0.4 is 14.8 Å². The van der Waals surface area contributed by atoms with Crippen molar-refractivity contribution >= 4 is 5.91 Å². The van der Waals surface area contributed by atoms with Crippen molar-refractivity contribution in [1.29, 1.82) is 0 Å². The Hall–Kier alpha value is -2.49. The summed E-state index contributed by atoms with van der Waals surface area (Å²) in [5, 5.41) is 3.18. The van der Waals surface area contributed by atoms with Gasteiger partial charge in [0.1, 0.15) is 0 Å². The zero-order chi connectivity index (χ0) is 17.6. The Balaban J connectivity index is 1.71. The van der Waals surface area contributed by atoms with Crippen LogP contribution in [-0.2, 0) is 11.2 Å². The fourth-order valence-corrected chi connectivity index (χ4v) is 3.36. The fraction of sp³-hybridized carbons (Fsp3) is 0.381. The summed E-state index contributed by atoms with van der Waals surface area (Å²) in [5.74, 6) is 1.16.